The maximum atomic E-state index is 11.0. The summed E-state index contributed by atoms with van der Waals surface area (Å²) in [4.78, 5) is 13.4. The van der Waals surface area contributed by atoms with E-state index in [1.807, 2.05) is 0 Å². The Morgan fingerprint density at radius 3 is 2.50 bits per heavy atom. The SMILES string of the molecule is CCC(C)(C=O)CN1CCC(C)(C)C1. The van der Waals surface area contributed by atoms with E-state index in [-0.39, 0.29) is 5.41 Å². The predicted octanol–water partition coefficient (Wildman–Crippen LogP) is 2.33. The minimum atomic E-state index is -0.138. The number of nitrogens with zero attached hydrogens (tertiary/aromatic N) is 1. The van der Waals surface area contributed by atoms with E-state index < -0.39 is 0 Å². The van der Waals surface area contributed by atoms with Crippen molar-refractivity contribution in [1.29, 1.82) is 0 Å². The van der Waals surface area contributed by atoms with Gasteiger partial charge in [-0.3, -0.25) is 0 Å². The van der Waals surface area contributed by atoms with Gasteiger partial charge >= 0.3 is 0 Å². The van der Waals surface area contributed by atoms with Crippen molar-refractivity contribution in [2.45, 2.75) is 40.5 Å². The highest BCUT2D eigenvalue weighted by atomic mass is 16.1. The second-order valence-corrected chi connectivity index (χ2v) is 5.75. The summed E-state index contributed by atoms with van der Waals surface area (Å²) in [6.45, 7) is 12.0. The molecule has 14 heavy (non-hydrogen) atoms. The van der Waals surface area contributed by atoms with Gasteiger partial charge in [-0.15, -0.1) is 0 Å². The normalized spacial score (nSPS) is 26.0. The van der Waals surface area contributed by atoms with Gasteiger partial charge in [0.15, 0.2) is 0 Å². The topological polar surface area (TPSA) is 20.3 Å². The zero-order valence-corrected chi connectivity index (χ0v) is 9.97. The van der Waals surface area contributed by atoms with Gasteiger partial charge in [-0.1, -0.05) is 27.7 Å². The molecule has 2 nitrogen and oxygen atoms in total. The van der Waals surface area contributed by atoms with E-state index in [9.17, 15) is 4.79 Å². The highest BCUT2D eigenvalue weighted by Gasteiger charge is 2.33. The lowest BCUT2D eigenvalue weighted by Gasteiger charge is -2.28. The van der Waals surface area contributed by atoms with Crippen LogP contribution in [0.1, 0.15) is 40.5 Å². The standard InChI is InChI=1S/C12H23NO/c1-5-12(4,10-14)9-13-7-6-11(2,3)8-13/h10H,5-9H2,1-4H3. The second kappa shape index (κ2) is 4.01. The number of likely N-dealkylation sites (tertiary alicyclic amines) is 1. The summed E-state index contributed by atoms with van der Waals surface area (Å²) in [5, 5.41) is 0. The van der Waals surface area contributed by atoms with Crippen molar-refractivity contribution in [2.24, 2.45) is 10.8 Å². The molecule has 0 spiro atoms. The largest absolute Gasteiger partial charge is 0.303 e. The third-order valence-corrected chi connectivity index (χ3v) is 3.43. The summed E-state index contributed by atoms with van der Waals surface area (Å²) in [6, 6.07) is 0. The number of rotatable bonds is 4. The number of carbonyl (C=O) groups excluding carboxylic acids is 1. The highest BCUT2D eigenvalue weighted by Crippen LogP contribution is 2.31. The Kier molecular flexibility index (Phi) is 3.36. The van der Waals surface area contributed by atoms with Gasteiger partial charge in [0.1, 0.15) is 6.29 Å². The maximum Gasteiger partial charge on any atom is 0.127 e. The molecule has 0 bridgehead atoms. The van der Waals surface area contributed by atoms with Gasteiger partial charge in [-0.2, -0.15) is 0 Å². The van der Waals surface area contributed by atoms with Crippen LogP contribution < -0.4 is 0 Å². The molecule has 0 aromatic rings. The molecule has 0 N–H and O–H groups in total. The van der Waals surface area contributed by atoms with Crippen molar-refractivity contribution in [3.8, 4) is 0 Å². The Morgan fingerprint density at radius 1 is 1.50 bits per heavy atom. The van der Waals surface area contributed by atoms with Gasteiger partial charge in [0.05, 0.1) is 0 Å². The van der Waals surface area contributed by atoms with E-state index in [1.54, 1.807) is 0 Å². The van der Waals surface area contributed by atoms with Crippen LogP contribution in [0, 0.1) is 10.8 Å². The molecular formula is C12H23NO. The molecule has 1 unspecified atom stereocenters. The summed E-state index contributed by atoms with van der Waals surface area (Å²) in [5.74, 6) is 0. The van der Waals surface area contributed by atoms with E-state index in [4.69, 9.17) is 0 Å². The first-order valence-corrected chi connectivity index (χ1v) is 5.59. The van der Waals surface area contributed by atoms with Crippen molar-refractivity contribution >= 4 is 6.29 Å². The van der Waals surface area contributed by atoms with Crippen LogP contribution in [0.5, 0.6) is 0 Å². The summed E-state index contributed by atoms with van der Waals surface area (Å²) in [5.41, 5.74) is 0.304. The first-order chi connectivity index (χ1) is 6.41. The van der Waals surface area contributed by atoms with Crippen LogP contribution in [0.25, 0.3) is 0 Å². The smallest absolute Gasteiger partial charge is 0.127 e. The van der Waals surface area contributed by atoms with E-state index in [1.165, 1.54) is 6.42 Å². The van der Waals surface area contributed by atoms with E-state index >= 15 is 0 Å². The summed E-state index contributed by atoms with van der Waals surface area (Å²) in [6.07, 6.45) is 3.32. The van der Waals surface area contributed by atoms with Crippen LogP contribution in [0.4, 0.5) is 0 Å². The summed E-state index contributed by atoms with van der Waals surface area (Å²) >= 11 is 0. The molecule has 1 rings (SSSR count). The fourth-order valence-corrected chi connectivity index (χ4v) is 2.10. The zero-order valence-electron chi connectivity index (χ0n) is 9.97. The summed E-state index contributed by atoms with van der Waals surface area (Å²) in [7, 11) is 0. The van der Waals surface area contributed by atoms with Crippen LogP contribution in [0.15, 0.2) is 0 Å². The first kappa shape index (κ1) is 11.7. The third kappa shape index (κ3) is 2.81. The monoisotopic (exact) mass is 197 g/mol. The molecule has 82 valence electrons. The Balaban J connectivity index is 2.50. The first-order valence-electron chi connectivity index (χ1n) is 5.59. The molecule has 1 fully saturated rings. The van der Waals surface area contributed by atoms with Crippen molar-refractivity contribution in [3.63, 3.8) is 0 Å². The van der Waals surface area contributed by atoms with Crippen LogP contribution in [0.3, 0.4) is 0 Å². The number of hydrogen-bond acceptors (Lipinski definition) is 2. The van der Waals surface area contributed by atoms with Crippen LogP contribution >= 0.6 is 0 Å². The molecule has 0 aromatic heterocycles. The number of hydrogen-bond donors (Lipinski definition) is 0. The molecule has 1 aliphatic heterocycles. The lowest BCUT2D eigenvalue weighted by Crippen LogP contribution is -2.36. The molecule has 0 amide bonds. The lowest BCUT2D eigenvalue weighted by atomic mass is 9.88. The Morgan fingerprint density at radius 2 is 2.14 bits per heavy atom. The average molecular weight is 197 g/mol. The van der Waals surface area contributed by atoms with Crippen molar-refractivity contribution in [3.05, 3.63) is 0 Å². The highest BCUT2D eigenvalue weighted by molar-refractivity contribution is 5.58. The Hall–Kier alpha value is -0.370. The molecular weight excluding hydrogens is 174 g/mol. The number of carbonyl (C=O) groups is 1. The van der Waals surface area contributed by atoms with Gasteiger partial charge in [0.2, 0.25) is 0 Å². The van der Waals surface area contributed by atoms with E-state index in [2.05, 4.69) is 32.6 Å². The van der Waals surface area contributed by atoms with Crippen molar-refractivity contribution < 1.29 is 4.79 Å². The minimum absolute atomic E-state index is 0.138. The van der Waals surface area contributed by atoms with Gasteiger partial charge in [-0.05, 0) is 24.8 Å². The zero-order chi connectivity index (χ0) is 10.8. The number of aldehydes is 1. The van der Waals surface area contributed by atoms with Crippen molar-refractivity contribution in [2.75, 3.05) is 19.6 Å². The quantitative estimate of drug-likeness (QED) is 0.645. The van der Waals surface area contributed by atoms with E-state index in [0.717, 1.165) is 32.3 Å². The maximum absolute atomic E-state index is 11.0. The lowest BCUT2D eigenvalue weighted by molar-refractivity contribution is -0.116. The fraction of sp³-hybridized carbons (Fsp3) is 0.917. The minimum Gasteiger partial charge on any atom is -0.303 e. The molecule has 2 heteroatoms. The van der Waals surface area contributed by atoms with Crippen LogP contribution in [-0.2, 0) is 4.79 Å². The molecule has 0 saturated carbocycles. The molecule has 0 aromatic carbocycles. The van der Waals surface area contributed by atoms with Gasteiger partial charge in [-0.25, -0.2) is 0 Å². The Labute approximate surface area is 87.7 Å². The third-order valence-electron chi connectivity index (χ3n) is 3.43. The van der Waals surface area contributed by atoms with E-state index in [0.29, 0.717) is 5.41 Å². The molecule has 1 saturated heterocycles. The van der Waals surface area contributed by atoms with Crippen LogP contribution in [-0.4, -0.2) is 30.8 Å². The molecule has 1 atom stereocenters. The Bertz CT molecular complexity index is 212. The molecule has 0 radical (unpaired) electrons. The molecule has 1 heterocycles. The molecule has 0 aliphatic carbocycles. The van der Waals surface area contributed by atoms with Gasteiger partial charge in [0, 0.05) is 18.5 Å². The predicted molar refractivity (Wildman–Crippen MR) is 59.3 cm³/mol. The van der Waals surface area contributed by atoms with Gasteiger partial charge in [0.25, 0.3) is 0 Å². The van der Waals surface area contributed by atoms with Crippen molar-refractivity contribution in [1.82, 2.24) is 4.90 Å². The van der Waals surface area contributed by atoms with Crippen LogP contribution in [0.2, 0.25) is 0 Å². The van der Waals surface area contributed by atoms with Gasteiger partial charge < -0.3 is 9.69 Å². The summed E-state index contributed by atoms with van der Waals surface area (Å²) < 4.78 is 0. The second-order valence-electron chi connectivity index (χ2n) is 5.75. The average Bonchev–Trinajstić information content (AvgIpc) is 2.45. The fourth-order valence-electron chi connectivity index (χ4n) is 2.10. The molecule has 1 aliphatic rings.